The fourth-order valence-corrected chi connectivity index (χ4v) is 3.01. The summed E-state index contributed by atoms with van der Waals surface area (Å²) in [5.41, 5.74) is 1.34. The van der Waals surface area contributed by atoms with Gasteiger partial charge < -0.3 is 5.32 Å². The van der Waals surface area contributed by atoms with Gasteiger partial charge >= 0.3 is 0 Å². The van der Waals surface area contributed by atoms with Gasteiger partial charge in [0.2, 0.25) is 5.91 Å². The standard InChI is InChI=1S/C15H26N2O/c1-10(2)11(3)16-15(18)9-12-7-13-5-6-14(8-12)17(13)4/h9-11,13-14H,5-8H2,1-4H3,(H,16,18)/t11-,13-,14+/m0/s1. The van der Waals surface area contributed by atoms with E-state index in [1.54, 1.807) is 0 Å². The van der Waals surface area contributed by atoms with Gasteiger partial charge in [0, 0.05) is 24.2 Å². The lowest BCUT2D eigenvalue weighted by atomic mass is 9.96. The minimum absolute atomic E-state index is 0.0927. The first-order valence-corrected chi connectivity index (χ1v) is 7.19. The van der Waals surface area contributed by atoms with Crippen molar-refractivity contribution in [3.63, 3.8) is 0 Å². The lowest BCUT2D eigenvalue weighted by molar-refractivity contribution is -0.117. The highest BCUT2D eigenvalue weighted by Crippen LogP contribution is 2.36. The van der Waals surface area contributed by atoms with E-state index in [-0.39, 0.29) is 11.9 Å². The van der Waals surface area contributed by atoms with E-state index >= 15 is 0 Å². The normalized spacial score (nSPS) is 31.9. The summed E-state index contributed by atoms with van der Waals surface area (Å²) in [5.74, 6) is 0.580. The van der Waals surface area contributed by atoms with E-state index in [9.17, 15) is 4.79 Å². The molecule has 0 aromatic heterocycles. The molecule has 2 bridgehead atoms. The Morgan fingerprint density at radius 1 is 1.28 bits per heavy atom. The molecule has 2 rings (SSSR count). The minimum atomic E-state index is 0.0927. The van der Waals surface area contributed by atoms with Crippen molar-refractivity contribution in [1.82, 2.24) is 10.2 Å². The van der Waals surface area contributed by atoms with Gasteiger partial charge in [-0.2, -0.15) is 0 Å². The molecule has 2 fully saturated rings. The second-order valence-electron chi connectivity index (χ2n) is 6.30. The summed E-state index contributed by atoms with van der Waals surface area (Å²) in [7, 11) is 2.22. The third kappa shape index (κ3) is 2.94. The maximum absolute atomic E-state index is 11.9. The van der Waals surface area contributed by atoms with E-state index in [0.717, 1.165) is 12.8 Å². The molecule has 0 aliphatic carbocycles. The number of rotatable bonds is 3. The number of nitrogens with one attached hydrogen (secondary N) is 1. The minimum Gasteiger partial charge on any atom is -0.350 e. The number of fused-ring (bicyclic) bond motifs is 2. The Morgan fingerprint density at radius 3 is 2.33 bits per heavy atom. The molecule has 3 atom stereocenters. The van der Waals surface area contributed by atoms with E-state index in [4.69, 9.17) is 0 Å². The van der Waals surface area contributed by atoms with Gasteiger partial charge in [0.1, 0.15) is 0 Å². The lowest BCUT2D eigenvalue weighted by Crippen LogP contribution is -2.38. The Balaban J connectivity index is 1.92. The van der Waals surface area contributed by atoms with Crippen LogP contribution in [0.15, 0.2) is 11.6 Å². The fourth-order valence-electron chi connectivity index (χ4n) is 3.01. The van der Waals surface area contributed by atoms with E-state index in [2.05, 4.69) is 38.0 Å². The van der Waals surface area contributed by atoms with Gasteiger partial charge in [0.25, 0.3) is 0 Å². The molecule has 3 nitrogen and oxygen atoms in total. The summed E-state index contributed by atoms with van der Waals surface area (Å²) in [5, 5.41) is 3.06. The molecule has 2 aliphatic heterocycles. The van der Waals surface area contributed by atoms with Crippen molar-refractivity contribution in [3.05, 3.63) is 11.6 Å². The Kier molecular flexibility index (Phi) is 4.10. The highest BCUT2D eigenvalue weighted by Gasteiger charge is 2.35. The van der Waals surface area contributed by atoms with Crippen LogP contribution in [-0.4, -0.2) is 36.0 Å². The summed E-state index contributed by atoms with van der Waals surface area (Å²) in [6, 6.07) is 1.59. The van der Waals surface area contributed by atoms with E-state index < -0.39 is 0 Å². The van der Waals surface area contributed by atoms with Crippen molar-refractivity contribution < 1.29 is 4.79 Å². The van der Waals surface area contributed by atoms with E-state index in [1.807, 2.05) is 6.08 Å². The van der Waals surface area contributed by atoms with Crippen LogP contribution in [0.25, 0.3) is 0 Å². The topological polar surface area (TPSA) is 32.3 Å². The molecule has 0 unspecified atom stereocenters. The zero-order chi connectivity index (χ0) is 13.3. The molecule has 1 N–H and O–H groups in total. The molecule has 3 heteroatoms. The molecule has 0 saturated carbocycles. The maximum atomic E-state index is 11.9. The van der Waals surface area contributed by atoms with Crippen LogP contribution >= 0.6 is 0 Å². The quantitative estimate of drug-likeness (QED) is 0.780. The number of nitrogens with zero attached hydrogens (tertiary/aromatic N) is 1. The predicted molar refractivity (Wildman–Crippen MR) is 74.3 cm³/mol. The molecule has 0 aromatic carbocycles. The van der Waals surface area contributed by atoms with E-state index in [1.165, 1.54) is 18.4 Å². The van der Waals surface area contributed by atoms with Crippen LogP contribution in [0.2, 0.25) is 0 Å². The Morgan fingerprint density at radius 2 is 1.83 bits per heavy atom. The smallest absolute Gasteiger partial charge is 0.244 e. The molecule has 0 spiro atoms. The van der Waals surface area contributed by atoms with Crippen LogP contribution in [0.5, 0.6) is 0 Å². The average Bonchev–Trinajstić information content (AvgIpc) is 2.51. The summed E-state index contributed by atoms with van der Waals surface area (Å²) < 4.78 is 0. The molecule has 2 heterocycles. The van der Waals surface area contributed by atoms with E-state index in [0.29, 0.717) is 18.0 Å². The van der Waals surface area contributed by atoms with Gasteiger partial charge in [-0.3, -0.25) is 9.69 Å². The molecule has 2 saturated heterocycles. The predicted octanol–water partition coefficient (Wildman–Crippen LogP) is 2.33. The largest absolute Gasteiger partial charge is 0.350 e. The third-order valence-corrected chi connectivity index (χ3v) is 4.69. The van der Waals surface area contributed by atoms with Crippen LogP contribution in [0, 0.1) is 5.92 Å². The number of carbonyl (C=O) groups excluding carboxylic acids is 1. The first-order chi connectivity index (χ1) is 8.47. The molecule has 102 valence electrons. The maximum Gasteiger partial charge on any atom is 0.244 e. The van der Waals surface area contributed by atoms with Gasteiger partial charge in [0.05, 0.1) is 0 Å². The summed E-state index contributed by atoms with van der Waals surface area (Å²) >= 11 is 0. The molecule has 0 aromatic rings. The Labute approximate surface area is 111 Å². The number of carbonyl (C=O) groups is 1. The summed E-state index contributed by atoms with van der Waals surface area (Å²) in [4.78, 5) is 14.4. The fraction of sp³-hybridized carbons (Fsp3) is 0.800. The SMILES string of the molecule is CC(C)[C@H](C)NC(=O)C=C1C[C@H]2CC[C@@H](C1)N2C. The highest BCUT2D eigenvalue weighted by molar-refractivity contribution is 5.88. The van der Waals surface area contributed by atoms with Crippen molar-refractivity contribution in [2.45, 2.75) is 64.6 Å². The van der Waals surface area contributed by atoms with Gasteiger partial charge in [-0.15, -0.1) is 0 Å². The first-order valence-electron chi connectivity index (χ1n) is 7.19. The third-order valence-electron chi connectivity index (χ3n) is 4.69. The highest BCUT2D eigenvalue weighted by atomic mass is 16.1. The molecular formula is C15H26N2O. The van der Waals surface area contributed by atoms with Crippen LogP contribution in [-0.2, 0) is 4.79 Å². The lowest BCUT2D eigenvalue weighted by Gasteiger charge is -2.32. The molecule has 0 radical (unpaired) electrons. The first kappa shape index (κ1) is 13.6. The Bertz CT molecular complexity index is 332. The molecular weight excluding hydrogens is 224 g/mol. The molecule has 2 aliphatic rings. The second kappa shape index (κ2) is 5.43. The van der Waals surface area contributed by atoms with Crippen molar-refractivity contribution in [1.29, 1.82) is 0 Å². The summed E-state index contributed by atoms with van der Waals surface area (Å²) in [6.45, 7) is 6.33. The van der Waals surface area contributed by atoms with Crippen LogP contribution in [0.1, 0.15) is 46.5 Å². The van der Waals surface area contributed by atoms with Crippen LogP contribution in [0.4, 0.5) is 0 Å². The number of hydrogen-bond donors (Lipinski definition) is 1. The molecule has 1 amide bonds. The number of amides is 1. The average molecular weight is 250 g/mol. The van der Waals surface area contributed by atoms with Gasteiger partial charge in [-0.1, -0.05) is 19.4 Å². The second-order valence-corrected chi connectivity index (χ2v) is 6.30. The van der Waals surface area contributed by atoms with Gasteiger partial charge in [-0.05, 0) is 45.6 Å². The zero-order valence-corrected chi connectivity index (χ0v) is 12.1. The van der Waals surface area contributed by atoms with Crippen LogP contribution < -0.4 is 5.32 Å². The summed E-state index contributed by atoms with van der Waals surface area (Å²) in [6.07, 6.45) is 6.61. The Hall–Kier alpha value is -0.830. The monoisotopic (exact) mass is 250 g/mol. The van der Waals surface area contributed by atoms with Crippen molar-refractivity contribution in [3.8, 4) is 0 Å². The van der Waals surface area contributed by atoms with Gasteiger partial charge in [-0.25, -0.2) is 0 Å². The van der Waals surface area contributed by atoms with Crippen molar-refractivity contribution in [2.75, 3.05) is 7.05 Å². The van der Waals surface area contributed by atoms with Crippen LogP contribution in [0.3, 0.4) is 0 Å². The van der Waals surface area contributed by atoms with Gasteiger partial charge in [0.15, 0.2) is 0 Å². The zero-order valence-electron chi connectivity index (χ0n) is 12.1. The van der Waals surface area contributed by atoms with Crippen molar-refractivity contribution >= 4 is 5.91 Å². The van der Waals surface area contributed by atoms with Crippen molar-refractivity contribution in [2.24, 2.45) is 5.92 Å². The number of hydrogen-bond acceptors (Lipinski definition) is 2. The molecule has 18 heavy (non-hydrogen) atoms. The number of piperidine rings is 1.